The van der Waals surface area contributed by atoms with E-state index in [1.807, 2.05) is 0 Å². The minimum Gasteiger partial charge on any atom is -0.368 e. The van der Waals surface area contributed by atoms with Gasteiger partial charge in [-0.3, -0.25) is 4.79 Å². The van der Waals surface area contributed by atoms with Crippen molar-refractivity contribution in [3.05, 3.63) is 0 Å². The van der Waals surface area contributed by atoms with Crippen LogP contribution in [0.15, 0.2) is 0 Å². The van der Waals surface area contributed by atoms with Crippen molar-refractivity contribution >= 4 is 5.91 Å². The second kappa shape index (κ2) is 3.47. The molecule has 3 fully saturated rings. The number of primary amides is 1. The molecule has 3 rings (SSSR count). The van der Waals surface area contributed by atoms with Crippen LogP contribution in [-0.2, 0) is 4.79 Å². The van der Waals surface area contributed by atoms with Crippen molar-refractivity contribution in [2.75, 3.05) is 6.54 Å². The Hall–Kier alpha value is -0.570. The molecule has 0 aromatic carbocycles. The van der Waals surface area contributed by atoms with Crippen LogP contribution in [0.4, 0.5) is 0 Å². The quantitative estimate of drug-likeness (QED) is 0.727. The lowest BCUT2D eigenvalue weighted by atomic mass is 9.72. The van der Waals surface area contributed by atoms with Crippen molar-refractivity contribution in [3.8, 4) is 0 Å². The van der Waals surface area contributed by atoms with Gasteiger partial charge in [0.25, 0.3) is 0 Å². The van der Waals surface area contributed by atoms with Crippen LogP contribution in [0.2, 0.25) is 0 Å². The molecule has 3 atom stereocenters. The van der Waals surface area contributed by atoms with Crippen molar-refractivity contribution in [1.29, 1.82) is 0 Å². The molecule has 3 aliphatic rings. The first-order chi connectivity index (χ1) is 7.97. The molecular weight excluding hydrogens is 212 g/mol. The van der Waals surface area contributed by atoms with E-state index in [1.165, 1.54) is 25.7 Å². The minimum atomic E-state index is -0.162. The first kappa shape index (κ1) is 11.5. The third-order valence-electron chi connectivity index (χ3n) is 5.77. The number of nitrogens with one attached hydrogen (secondary N) is 1. The highest BCUT2D eigenvalue weighted by Crippen LogP contribution is 2.76. The number of fused-ring (bicyclic) bond motifs is 3. The largest absolute Gasteiger partial charge is 0.368 e. The van der Waals surface area contributed by atoms with E-state index < -0.39 is 0 Å². The maximum atomic E-state index is 11.4. The molecule has 0 bridgehead atoms. The van der Waals surface area contributed by atoms with E-state index in [2.05, 4.69) is 19.2 Å². The smallest absolute Gasteiger partial charge is 0.234 e. The van der Waals surface area contributed by atoms with Crippen LogP contribution in [0.1, 0.15) is 46.0 Å². The molecule has 2 saturated carbocycles. The molecule has 0 aromatic rings. The van der Waals surface area contributed by atoms with Crippen LogP contribution >= 0.6 is 0 Å². The molecule has 3 nitrogen and oxygen atoms in total. The van der Waals surface area contributed by atoms with Crippen molar-refractivity contribution in [1.82, 2.24) is 5.32 Å². The summed E-state index contributed by atoms with van der Waals surface area (Å²) in [4.78, 5) is 11.4. The number of carbonyl (C=O) groups excluding carboxylic acids is 1. The molecule has 1 amide bonds. The molecule has 3 N–H and O–H groups in total. The van der Waals surface area contributed by atoms with E-state index in [4.69, 9.17) is 5.73 Å². The van der Waals surface area contributed by atoms with Gasteiger partial charge in [0.2, 0.25) is 5.91 Å². The van der Waals surface area contributed by atoms with Crippen LogP contribution in [0.3, 0.4) is 0 Å². The van der Waals surface area contributed by atoms with Crippen molar-refractivity contribution in [3.63, 3.8) is 0 Å². The number of carbonyl (C=O) groups is 1. The van der Waals surface area contributed by atoms with Crippen LogP contribution in [0.25, 0.3) is 0 Å². The third kappa shape index (κ3) is 1.55. The molecule has 1 saturated heterocycles. The van der Waals surface area contributed by atoms with Crippen molar-refractivity contribution < 1.29 is 4.79 Å². The highest BCUT2D eigenvalue weighted by Gasteiger charge is 2.70. The van der Waals surface area contributed by atoms with Crippen molar-refractivity contribution in [2.45, 2.75) is 52.0 Å². The summed E-state index contributed by atoms with van der Waals surface area (Å²) >= 11 is 0. The lowest BCUT2D eigenvalue weighted by Crippen LogP contribution is -2.44. The van der Waals surface area contributed by atoms with Crippen LogP contribution in [0.5, 0.6) is 0 Å². The summed E-state index contributed by atoms with van der Waals surface area (Å²) in [5, 5.41) is 3.35. The normalized spacial score (nSPS) is 41.9. The van der Waals surface area contributed by atoms with Gasteiger partial charge in [-0.1, -0.05) is 20.3 Å². The van der Waals surface area contributed by atoms with Gasteiger partial charge >= 0.3 is 0 Å². The average molecular weight is 236 g/mol. The lowest BCUT2D eigenvalue weighted by Gasteiger charge is -2.34. The monoisotopic (exact) mass is 236 g/mol. The zero-order valence-electron chi connectivity index (χ0n) is 11.0. The van der Waals surface area contributed by atoms with E-state index in [9.17, 15) is 4.79 Å². The molecule has 3 heteroatoms. The van der Waals surface area contributed by atoms with Gasteiger partial charge < -0.3 is 11.1 Å². The SMILES string of the molecule is CC1(C)CCN[C@H](C(N)=O)C[C@H]2C1C21CCC1. The molecule has 1 aliphatic heterocycles. The second-order valence-corrected chi connectivity index (χ2v) is 7.05. The Labute approximate surface area is 104 Å². The highest BCUT2D eigenvalue weighted by molar-refractivity contribution is 5.80. The number of nitrogens with two attached hydrogens (primary N) is 1. The Bertz CT molecular complexity index is 346. The molecule has 1 spiro atoms. The Balaban J connectivity index is 1.81. The third-order valence-corrected chi connectivity index (χ3v) is 5.77. The minimum absolute atomic E-state index is 0.0847. The fraction of sp³-hybridized carbons (Fsp3) is 0.929. The maximum absolute atomic E-state index is 11.4. The standard InChI is InChI=1S/C14H24N2O/c1-13(2)6-7-16-10(12(15)17)8-9-11(13)14(9)4-3-5-14/h9-11,16H,3-8H2,1-2H3,(H2,15,17)/t9-,10-,11?/m0/s1. The second-order valence-electron chi connectivity index (χ2n) is 7.05. The zero-order chi connectivity index (χ0) is 12.3. The number of amides is 1. The molecule has 96 valence electrons. The van der Waals surface area contributed by atoms with Gasteiger partial charge in [-0.25, -0.2) is 0 Å². The van der Waals surface area contributed by atoms with E-state index in [1.54, 1.807) is 0 Å². The predicted octanol–water partition coefficient (Wildman–Crippen LogP) is 1.67. The van der Waals surface area contributed by atoms with E-state index in [0.29, 0.717) is 10.8 Å². The number of rotatable bonds is 1. The summed E-state index contributed by atoms with van der Waals surface area (Å²) in [5.74, 6) is 1.43. The summed E-state index contributed by atoms with van der Waals surface area (Å²) in [7, 11) is 0. The first-order valence-corrected chi connectivity index (χ1v) is 7.00. The fourth-order valence-electron chi connectivity index (χ4n) is 4.82. The molecule has 2 aliphatic carbocycles. The molecule has 0 radical (unpaired) electrons. The topological polar surface area (TPSA) is 55.1 Å². The van der Waals surface area contributed by atoms with Gasteiger partial charge in [0.15, 0.2) is 0 Å². The van der Waals surface area contributed by atoms with E-state index in [0.717, 1.165) is 24.8 Å². The Morgan fingerprint density at radius 1 is 1.29 bits per heavy atom. The Morgan fingerprint density at radius 2 is 2.00 bits per heavy atom. The van der Waals surface area contributed by atoms with Gasteiger partial charge in [0.05, 0.1) is 6.04 Å². The molecule has 0 aromatic heterocycles. The van der Waals surface area contributed by atoms with Gasteiger partial charge in [0.1, 0.15) is 0 Å². The van der Waals surface area contributed by atoms with Gasteiger partial charge in [-0.2, -0.15) is 0 Å². The highest BCUT2D eigenvalue weighted by atomic mass is 16.1. The average Bonchev–Trinajstić information content (AvgIpc) is 2.82. The summed E-state index contributed by atoms with van der Waals surface area (Å²) in [6, 6.07) is -0.0847. The Kier molecular flexibility index (Phi) is 2.35. The maximum Gasteiger partial charge on any atom is 0.234 e. The number of hydrogen-bond acceptors (Lipinski definition) is 2. The summed E-state index contributed by atoms with van der Waals surface area (Å²) in [6.45, 7) is 5.74. The van der Waals surface area contributed by atoms with Crippen LogP contribution in [0, 0.1) is 22.7 Å². The zero-order valence-corrected chi connectivity index (χ0v) is 11.0. The first-order valence-electron chi connectivity index (χ1n) is 7.00. The lowest BCUT2D eigenvalue weighted by molar-refractivity contribution is -0.120. The van der Waals surface area contributed by atoms with Crippen LogP contribution < -0.4 is 11.1 Å². The molecular formula is C14H24N2O. The predicted molar refractivity (Wildman–Crippen MR) is 67.3 cm³/mol. The molecule has 1 unspecified atom stereocenters. The summed E-state index contributed by atoms with van der Waals surface area (Å²) < 4.78 is 0. The summed E-state index contributed by atoms with van der Waals surface area (Å²) in [6.07, 6.45) is 6.30. The van der Waals surface area contributed by atoms with Gasteiger partial charge in [-0.15, -0.1) is 0 Å². The van der Waals surface area contributed by atoms with Crippen LogP contribution in [-0.4, -0.2) is 18.5 Å². The Morgan fingerprint density at radius 3 is 2.53 bits per heavy atom. The van der Waals surface area contributed by atoms with E-state index >= 15 is 0 Å². The number of hydrogen-bond donors (Lipinski definition) is 2. The van der Waals surface area contributed by atoms with E-state index in [-0.39, 0.29) is 11.9 Å². The van der Waals surface area contributed by atoms with Crippen molar-refractivity contribution in [2.24, 2.45) is 28.4 Å². The molecule has 1 heterocycles. The fourth-order valence-corrected chi connectivity index (χ4v) is 4.82. The summed E-state index contributed by atoms with van der Waals surface area (Å²) in [5.41, 5.74) is 6.51. The van der Waals surface area contributed by atoms with Gasteiger partial charge in [-0.05, 0) is 54.9 Å². The van der Waals surface area contributed by atoms with Gasteiger partial charge in [0, 0.05) is 0 Å². The molecule has 17 heavy (non-hydrogen) atoms.